The summed E-state index contributed by atoms with van der Waals surface area (Å²) >= 11 is 0. The molecular weight excluding hydrogens is 530 g/mol. The lowest BCUT2D eigenvalue weighted by molar-refractivity contribution is 0.0519. The lowest BCUT2D eigenvalue weighted by Gasteiger charge is -2.12. The molecule has 3 aromatic carbocycles. The van der Waals surface area contributed by atoms with Crippen molar-refractivity contribution in [1.82, 2.24) is 20.3 Å². The minimum Gasteiger partial charge on any atom is -0.377 e. The molecule has 10 nitrogen and oxygen atoms in total. The molecule has 0 radical (unpaired) electrons. The van der Waals surface area contributed by atoms with Crippen LogP contribution < -0.4 is 21.3 Å². The minimum atomic E-state index is -0.109. The molecule has 0 aliphatic rings. The van der Waals surface area contributed by atoms with Gasteiger partial charge in [0.1, 0.15) is 0 Å². The maximum absolute atomic E-state index is 12.0. The molecule has 4 aromatic rings. The van der Waals surface area contributed by atoms with E-state index in [0.29, 0.717) is 76.0 Å². The van der Waals surface area contributed by atoms with Crippen molar-refractivity contribution in [3.05, 3.63) is 107 Å². The number of anilines is 3. The van der Waals surface area contributed by atoms with Gasteiger partial charge in [-0.25, -0.2) is 0 Å². The molecule has 0 fully saturated rings. The molecule has 10 heteroatoms. The minimum absolute atomic E-state index is 0.109. The molecule has 1 aromatic heterocycles. The van der Waals surface area contributed by atoms with Crippen molar-refractivity contribution in [2.75, 3.05) is 55.5 Å². The van der Waals surface area contributed by atoms with E-state index in [1.807, 2.05) is 18.2 Å². The van der Waals surface area contributed by atoms with Crippen LogP contribution in [0.15, 0.2) is 78.9 Å². The lowest BCUT2D eigenvalue weighted by Crippen LogP contribution is -2.27. The smallest absolute Gasteiger partial charge is 0.251 e. The average Bonchev–Trinajstić information content (AvgIpc) is 3.01. The molecule has 220 valence electrons. The van der Waals surface area contributed by atoms with Crippen LogP contribution in [0.3, 0.4) is 0 Å². The molecule has 0 aliphatic carbocycles. The number of aryl methyl sites for hydroxylation is 2. The molecule has 4 N–H and O–H groups in total. The van der Waals surface area contributed by atoms with Crippen LogP contribution in [0.2, 0.25) is 0 Å². The number of amides is 1. The second-order valence-corrected chi connectivity index (χ2v) is 9.76. The fourth-order valence-electron chi connectivity index (χ4n) is 3.87. The highest BCUT2D eigenvalue weighted by Crippen LogP contribution is 2.13. The van der Waals surface area contributed by atoms with Gasteiger partial charge in [0, 0.05) is 31.7 Å². The Morgan fingerprint density at radius 2 is 1.07 bits per heavy atom. The number of carbonyl (C=O) groups is 1. The summed E-state index contributed by atoms with van der Waals surface area (Å²) in [6.45, 7) is 8.05. The Labute approximate surface area is 247 Å². The van der Waals surface area contributed by atoms with Gasteiger partial charge in [-0.05, 0) is 37.1 Å². The van der Waals surface area contributed by atoms with Gasteiger partial charge < -0.3 is 30.7 Å². The van der Waals surface area contributed by atoms with E-state index in [1.165, 1.54) is 11.1 Å². The Hall–Kier alpha value is -4.54. The normalized spacial score (nSPS) is 10.7. The summed E-state index contributed by atoms with van der Waals surface area (Å²) in [6, 6.07) is 25.8. The van der Waals surface area contributed by atoms with Gasteiger partial charge in [0.05, 0.1) is 26.4 Å². The number of hydrogen-bond acceptors (Lipinski definition) is 9. The third kappa shape index (κ3) is 10.8. The van der Waals surface area contributed by atoms with Crippen LogP contribution in [0.1, 0.15) is 32.6 Å². The van der Waals surface area contributed by atoms with Gasteiger partial charge in [0.15, 0.2) is 0 Å². The average molecular weight is 570 g/mol. The lowest BCUT2D eigenvalue weighted by atomic mass is 10.1. The van der Waals surface area contributed by atoms with Crippen LogP contribution in [0.5, 0.6) is 0 Å². The van der Waals surface area contributed by atoms with E-state index >= 15 is 0 Å². The maximum atomic E-state index is 12.0. The van der Waals surface area contributed by atoms with E-state index in [9.17, 15) is 4.79 Å². The number of aromatic nitrogens is 3. The van der Waals surface area contributed by atoms with Gasteiger partial charge in [-0.3, -0.25) is 4.79 Å². The Morgan fingerprint density at radius 1 is 0.595 bits per heavy atom. The molecular formula is C32H39N7O3. The molecule has 0 aliphatic heterocycles. The molecule has 0 saturated carbocycles. The predicted molar refractivity (Wildman–Crippen MR) is 166 cm³/mol. The van der Waals surface area contributed by atoms with Gasteiger partial charge >= 0.3 is 0 Å². The molecule has 1 amide bonds. The Balaban J connectivity index is 1.18. The number of nitrogens with zero attached hydrogens (tertiary/aromatic N) is 3. The monoisotopic (exact) mass is 569 g/mol. The van der Waals surface area contributed by atoms with E-state index in [-0.39, 0.29) is 5.91 Å². The summed E-state index contributed by atoms with van der Waals surface area (Å²) in [5, 5.41) is 12.7. The molecule has 42 heavy (non-hydrogen) atoms. The highest BCUT2D eigenvalue weighted by atomic mass is 16.5. The first kappa shape index (κ1) is 30.4. The zero-order chi connectivity index (χ0) is 29.4. The summed E-state index contributed by atoms with van der Waals surface area (Å²) in [5.74, 6) is 1.31. The van der Waals surface area contributed by atoms with Gasteiger partial charge in [-0.1, -0.05) is 77.9 Å². The molecule has 0 unspecified atom stereocenters. The number of ether oxygens (including phenoxy) is 2. The molecule has 4 rings (SSSR count). The fourth-order valence-corrected chi connectivity index (χ4v) is 3.87. The Kier molecular flexibility index (Phi) is 12.1. The highest BCUT2D eigenvalue weighted by Gasteiger charge is 2.08. The van der Waals surface area contributed by atoms with Gasteiger partial charge in [0.2, 0.25) is 17.8 Å². The van der Waals surface area contributed by atoms with Crippen LogP contribution in [-0.4, -0.2) is 60.4 Å². The molecule has 0 bridgehead atoms. The summed E-state index contributed by atoms with van der Waals surface area (Å²) in [4.78, 5) is 25.7. The zero-order valence-corrected chi connectivity index (χ0v) is 24.2. The van der Waals surface area contributed by atoms with Crippen LogP contribution in [-0.2, 0) is 22.6 Å². The second kappa shape index (κ2) is 16.7. The van der Waals surface area contributed by atoms with E-state index in [2.05, 4.69) is 98.6 Å². The van der Waals surface area contributed by atoms with Crippen LogP contribution in [0.25, 0.3) is 0 Å². The van der Waals surface area contributed by atoms with E-state index in [1.54, 1.807) is 12.1 Å². The zero-order valence-electron chi connectivity index (χ0n) is 24.2. The van der Waals surface area contributed by atoms with Crippen LogP contribution in [0, 0.1) is 13.8 Å². The number of nitrogens with one attached hydrogen (secondary N) is 4. The first-order valence-electron chi connectivity index (χ1n) is 14.1. The van der Waals surface area contributed by atoms with E-state index < -0.39 is 0 Å². The van der Waals surface area contributed by atoms with Crippen LogP contribution in [0.4, 0.5) is 17.8 Å². The fraction of sp³-hybridized carbons (Fsp3) is 0.312. The standard InChI is InChI=1S/C32H39N7O3/c1-24-8-12-26(13-9-24)22-35-31-37-30(38-32(39-31)36-23-27-14-10-25(2)11-15-27)34-17-19-42-21-20-41-18-16-33-29(40)28-6-4-3-5-7-28/h3-15H,16-23H2,1-2H3,(H,33,40)(H3,34,35,36,37,38,39). The maximum Gasteiger partial charge on any atom is 0.251 e. The summed E-state index contributed by atoms with van der Waals surface area (Å²) in [7, 11) is 0. The van der Waals surface area contributed by atoms with Crippen molar-refractivity contribution >= 4 is 23.8 Å². The van der Waals surface area contributed by atoms with Gasteiger partial charge in [0.25, 0.3) is 5.91 Å². The Morgan fingerprint density at radius 3 is 1.60 bits per heavy atom. The van der Waals surface area contributed by atoms with Crippen molar-refractivity contribution < 1.29 is 14.3 Å². The van der Waals surface area contributed by atoms with Crippen molar-refractivity contribution in [3.63, 3.8) is 0 Å². The molecule has 0 atom stereocenters. The summed E-state index contributed by atoms with van der Waals surface area (Å²) in [6.07, 6.45) is 0. The molecule has 0 spiro atoms. The van der Waals surface area contributed by atoms with E-state index in [0.717, 1.165) is 11.1 Å². The third-order valence-corrected chi connectivity index (χ3v) is 6.25. The van der Waals surface area contributed by atoms with Crippen molar-refractivity contribution in [3.8, 4) is 0 Å². The summed E-state index contributed by atoms with van der Waals surface area (Å²) in [5.41, 5.74) is 5.34. The number of carbonyl (C=O) groups excluding carboxylic acids is 1. The quantitative estimate of drug-likeness (QED) is 0.135. The first-order chi connectivity index (χ1) is 20.5. The SMILES string of the molecule is Cc1ccc(CNc2nc(NCCOCCOCCNC(=O)c3ccccc3)nc(NCc3ccc(C)cc3)n2)cc1. The Bertz CT molecular complexity index is 1300. The molecule has 1 heterocycles. The van der Waals surface area contributed by atoms with Crippen molar-refractivity contribution in [2.24, 2.45) is 0 Å². The second-order valence-electron chi connectivity index (χ2n) is 9.76. The number of hydrogen-bond donors (Lipinski definition) is 4. The van der Waals surface area contributed by atoms with Gasteiger partial charge in [-0.2, -0.15) is 15.0 Å². The first-order valence-corrected chi connectivity index (χ1v) is 14.1. The highest BCUT2D eigenvalue weighted by molar-refractivity contribution is 5.94. The van der Waals surface area contributed by atoms with E-state index in [4.69, 9.17) is 9.47 Å². The third-order valence-electron chi connectivity index (χ3n) is 6.25. The molecule has 0 saturated heterocycles. The number of rotatable bonds is 17. The predicted octanol–water partition coefficient (Wildman–Crippen LogP) is 4.59. The van der Waals surface area contributed by atoms with Crippen molar-refractivity contribution in [2.45, 2.75) is 26.9 Å². The largest absolute Gasteiger partial charge is 0.377 e. The number of benzene rings is 3. The topological polar surface area (TPSA) is 122 Å². The van der Waals surface area contributed by atoms with Crippen molar-refractivity contribution in [1.29, 1.82) is 0 Å². The van der Waals surface area contributed by atoms with Crippen LogP contribution >= 0.6 is 0 Å². The summed E-state index contributed by atoms with van der Waals surface area (Å²) < 4.78 is 11.2. The van der Waals surface area contributed by atoms with Gasteiger partial charge in [-0.15, -0.1) is 0 Å².